The molecule has 0 aliphatic carbocycles. The Hall–Kier alpha value is -3.58. The summed E-state index contributed by atoms with van der Waals surface area (Å²) in [7, 11) is 0. The lowest BCUT2D eigenvalue weighted by Gasteiger charge is -2.20. The van der Waals surface area contributed by atoms with Crippen LogP contribution in [0, 0.1) is 0 Å². The van der Waals surface area contributed by atoms with Gasteiger partial charge in [-0.15, -0.1) is 0 Å². The summed E-state index contributed by atoms with van der Waals surface area (Å²) in [6, 6.07) is 18.6. The predicted octanol–water partition coefficient (Wildman–Crippen LogP) is 6.21. The zero-order valence-corrected chi connectivity index (χ0v) is 21.0. The van der Waals surface area contributed by atoms with Gasteiger partial charge in [0.25, 0.3) is 5.91 Å². The van der Waals surface area contributed by atoms with Gasteiger partial charge in [-0.2, -0.15) is 0 Å². The minimum atomic E-state index is -0.963. The second kappa shape index (κ2) is 10.4. The Kier molecular flexibility index (Phi) is 7.26. The summed E-state index contributed by atoms with van der Waals surface area (Å²) < 4.78 is 6.19. The molecule has 4 rings (SSSR count). The number of carbonyl (C=O) groups is 2. The largest absolute Gasteiger partial charge is 0.488 e. The number of thioether (sulfide) groups is 1. The third-order valence-electron chi connectivity index (χ3n) is 5.52. The molecule has 3 aromatic carbocycles. The van der Waals surface area contributed by atoms with Crippen LogP contribution in [0.25, 0.3) is 16.8 Å². The molecular formula is C28H28N2O4S. The summed E-state index contributed by atoms with van der Waals surface area (Å²) in [5.74, 6) is -0.375. The van der Waals surface area contributed by atoms with E-state index in [-0.39, 0.29) is 30.2 Å². The van der Waals surface area contributed by atoms with Crippen LogP contribution >= 0.6 is 11.8 Å². The number of carboxylic acids is 1. The van der Waals surface area contributed by atoms with Crippen LogP contribution in [-0.4, -0.2) is 39.1 Å². The van der Waals surface area contributed by atoms with Crippen molar-refractivity contribution in [1.29, 1.82) is 0 Å². The zero-order chi connectivity index (χ0) is 25.1. The summed E-state index contributed by atoms with van der Waals surface area (Å²) in [6.45, 7) is 8.24. The van der Waals surface area contributed by atoms with Gasteiger partial charge in [0.05, 0.1) is 10.5 Å². The monoisotopic (exact) mass is 488 g/mol. The molecule has 0 unspecified atom stereocenters. The van der Waals surface area contributed by atoms with E-state index in [1.165, 1.54) is 11.8 Å². The summed E-state index contributed by atoms with van der Waals surface area (Å²) in [5, 5.41) is 11.9. The fraction of sp³-hybridized carbons (Fsp3) is 0.250. The molecule has 0 atom stereocenters. The number of fused-ring (bicyclic) bond motifs is 1. The van der Waals surface area contributed by atoms with E-state index in [4.69, 9.17) is 9.84 Å². The first-order valence-electron chi connectivity index (χ1n) is 11.5. The van der Waals surface area contributed by atoms with Crippen LogP contribution in [0.15, 0.2) is 70.6 Å². The molecule has 180 valence electrons. The molecule has 35 heavy (non-hydrogen) atoms. The molecule has 7 heteroatoms. The molecule has 1 N–H and O–H groups in total. The number of carbonyl (C=O) groups excluding carboxylic acids is 1. The fourth-order valence-corrected chi connectivity index (χ4v) is 5.05. The smallest absolute Gasteiger partial charge is 0.335 e. The van der Waals surface area contributed by atoms with Gasteiger partial charge in [0.1, 0.15) is 12.4 Å². The molecule has 3 aromatic rings. The Labute approximate surface area is 209 Å². The highest BCUT2D eigenvalue weighted by molar-refractivity contribution is 8.18. The first-order chi connectivity index (χ1) is 16.7. The highest BCUT2D eigenvalue weighted by atomic mass is 32.2. The SMILES string of the molecule is CC(C)N=C1S/C(=C/c2c(OCc3ccc(C(=O)O)cc3)ccc3ccccc23)C(=O)N1C(C)C. The van der Waals surface area contributed by atoms with Crippen molar-refractivity contribution in [2.75, 3.05) is 0 Å². The minimum absolute atomic E-state index is 0.00425. The quantitative estimate of drug-likeness (QED) is 0.400. The molecule has 1 aliphatic rings. The number of hydrogen-bond donors (Lipinski definition) is 1. The third-order valence-corrected chi connectivity index (χ3v) is 6.52. The van der Waals surface area contributed by atoms with Gasteiger partial charge in [0.2, 0.25) is 0 Å². The minimum Gasteiger partial charge on any atom is -0.488 e. The van der Waals surface area contributed by atoms with Gasteiger partial charge in [-0.05, 0) is 80.1 Å². The Morgan fingerprint density at radius 1 is 1.06 bits per heavy atom. The highest BCUT2D eigenvalue weighted by Gasteiger charge is 2.35. The average molecular weight is 489 g/mol. The molecule has 1 aliphatic heterocycles. The second-order valence-corrected chi connectivity index (χ2v) is 9.88. The number of amidine groups is 1. The van der Waals surface area contributed by atoms with Crippen molar-refractivity contribution in [3.63, 3.8) is 0 Å². The van der Waals surface area contributed by atoms with Crippen molar-refractivity contribution >= 4 is 45.7 Å². The topological polar surface area (TPSA) is 79.2 Å². The molecule has 0 spiro atoms. The van der Waals surface area contributed by atoms with Crippen LogP contribution < -0.4 is 4.74 Å². The Balaban J connectivity index is 1.72. The van der Waals surface area contributed by atoms with Crippen molar-refractivity contribution in [2.24, 2.45) is 4.99 Å². The Morgan fingerprint density at radius 2 is 1.77 bits per heavy atom. The number of rotatable bonds is 7. The molecule has 6 nitrogen and oxygen atoms in total. The van der Waals surface area contributed by atoms with E-state index < -0.39 is 5.97 Å². The van der Waals surface area contributed by atoms with Crippen LogP contribution in [0.1, 0.15) is 49.2 Å². The zero-order valence-electron chi connectivity index (χ0n) is 20.2. The fourth-order valence-electron chi connectivity index (χ4n) is 3.84. The van der Waals surface area contributed by atoms with E-state index in [9.17, 15) is 9.59 Å². The lowest BCUT2D eigenvalue weighted by molar-refractivity contribution is -0.123. The predicted molar refractivity (Wildman–Crippen MR) is 142 cm³/mol. The number of benzene rings is 3. The highest BCUT2D eigenvalue weighted by Crippen LogP contribution is 2.38. The van der Waals surface area contributed by atoms with Crippen LogP contribution in [0.5, 0.6) is 5.75 Å². The van der Waals surface area contributed by atoms with E-state index in [1.54, 1.807) is 29.2 Å². The summed E-state index contributed by atoms with van der Waals surface area (Å²) in [6.07, 6.45) is 1.90. The number of aliphatic imine (C=N–C) groups is 1. The first-order valence-corrected chi connectivity index (χ1v) is 12.3. The van der Waals surface area contributed by atoms with Gasteiger partial charge in [-0.1, -0.05) is 42.5 Å². The average Bonchev–Trinajstić information content (AvgIpc) is 3.12. The summed E-state index contributed by atoms with van der Waals surface area (Å²) in [4.78, 5) is 31.5. The van der Waals surface area contributed by atoms with Gasteiger partial charge in [0, 0.05) is 17.6 Å². The van der Waals surface area contributed by atoms with Crippen LogP contribution in [0.2, 0.25) is 0 Å². The second-order valence-electron chi connectivity index (χ2n) is 8.87. The molecular weight excluding hydrogens is 460 g/mol. The van der Waals surface area contributed by atoms with E-state index in [0.29, 0.717) is 15.8 Å². The Bertz CT molecular complexity index is 1330. The molecule has 1 fully saturated rings. The van der Waals surface area contributed by atoms with Crippen LogP contribution in [-0.2, 0) is 11.4 Å². The Morgan fingerprint density at radius 3 is 2.43 bits per heavy atom. The number of aromatic carboxylic acids is 1. The molecule has 0 radical (unpaired) electrons. The molecule has 1 saturated heterocycles. The van der Waals surface area contributed by atoms with Crippen molar-refractivity contribution in [1.82, 2.24) is 4.90 Å². The first kappa shape index (κ1) is 24.5. The maximum atomic E-state index is 13.3. The summed E-state index contributed by atoms with van der Waals surface area (Å²) >= 11 is 1.39. The van der Waals surface area contributed by atoms with Crippen LogP contribution in [0.4, 0.5) is 0 Å². The van der Waals surface area contributed by atoms with Crippen LogP contribution in [0.3, 0.4) is 0 Å². The maximum Gasteiger partial charge on any atom is 0.335 e. The van der Waals surface area contributed by atoms with Crippen molar-refractivity contribution in [2.45, 2.75) is 46.4 Å². The molecule has 1 amide bonds. The van der Waals surface area contributed by atoms with E-state index in [0.717, 1.165) is 21.9 Å². The molecule has 0 saturated carbocycles. The number of carboxylic acid groups (broad SMARTS) is 1. The van der Waals surface area contributed by atoms with Crippen molar-refractivity contribution in [3.8, 4) is 5.75 Å². The normalized spacial score (nSPS) is 16.3. The molecule has 0 bridgehead atoms. The van der Waals surface area contributed by atoms with E-state index in [2.05, 4.69) is 4.99 Å². The van der Waals surface area contributed by atoms with E-state index in [1.807, 2.05) is 70.2 Å². The maximum absolute atomic E-state index is 13.3. The van der Waals surface area contributed by atoms with E-state index >= 15 is 0 Å². The van der Waals surface area contributed by atoms with Gasteiger partial charge < -0.3 is 9.84 Å². The van der Waals surface area contributed by atoms with Crippen molar-refractivity contribution in [3.05, 3.63) is 82.3 Å². The number of nitrogens with zero attached hydrogens (tertiary/aromatic N) is 2. The number of ether oxygens (including phenoxy) is 1. The molecule has 0 aromatic heterocycles. The standard InChI is InChI=1S/C28H28N2O4S/c1-17(2)29-28-30(18(3)4)26(31)25(35-28)15-23-22-8-6-5-7-20(22)13-14-24(23)34-16-19-9-11-21(12-10-19)27(32)33/h5-15,17-18H,16H2,1-4H3,(H,32,33)/b25-15+,29-28?. The lowest BCUT2D eigenvalue weighted by Crippen LogP contribution is -2.35. The lowest BCUT2D eigenvalue weighted by atomic mass is 10.0. The summed E-state index contributed by atoms with van der Waals surface area (Å²) in [5.41, 5.74) is 1.91. The third kappa shape index (κ3) is 5.41. The number of hydrogen-bond acceptors (Lipinski definition) is 5. The number of amides is 1. The van der Waals surface area contributed by atoms with Crippen molar-refractivity contribution < 1.29 is 19.4 Å². The van der Waals surface area contributed by atoms with Gasteiger partial charge in [-0.25, -0.2) is 4.79 Å². The van der Waals surface area contributed by atoms with Gasteiger partial charge >= 0.3 is 5.97 Å². The molecule has 1 heterocycles. The van der Waals surface area contributed by atoms with Gasteiger partial charge in [0.15, 0.2) is 5.17 Å². The van der Waals surface area contributed by atoms with Gasteiger partial charge in [-0.3, -0.25) is 14.7 Å².